The molecular weight excluding hydrogens is 585 g/mol. The molecule has 0 spiro atoms. The molecule has 0 bridgehead atoms. The third kappa shape index (κ3) is 6.09. The van der Waals surface area contributed by atoms with Crippen molar-refractivity contribution in [3.63, 3.8) is 0 Å². The second-order valence-electron chi connectivity index (χ2n) is 10.4. The predicted octanol–water partition coefficient (Wildman–Crippen LogP) is 6.27. The lowest BCUT2D eigenvalue weighted by molar-refractivity contribution is -0.152. The summed E-state index contributed by atoms with van der Waals surface area (Å²) >= 11 is 12.2. The van der Waals surface area contributed by atoms with E-state index in [9.17, 15) is 13.2 Å². The number of hydrogen-bond donors (Lipinski definition) is 0. The highest BCUT2D eigenvalue weighted by Gasteiger charge is 2.30. The van der Waals surface area contributed by atoms with E-state index in [2.05, 4.69) is 9.97 Å². The lowest BCUT2D eigenvalue weighted by atomic mass is 10.2. The van der Waals surface area contributed by atoms with E-state index in [4.69, 9.17) is 27.9 Å². The smallest absolute Gasteiger partial charge is 0.327 e. The first kappa shape index (κ1) is 28.7. The van der Waals surface area contributed by atoms with Gasteiger partial charge in [0.15, 0.2) is 0 Å². The number of carbonyl (C=O) groups is 1. The number of esters is 1. The van der Waals surface area contributed by atoms with E-state index in [0.717, 1.165) is 26.6 Å². The van der Waals surface area contributed by atoms with Gasteiger partial charge in [0, 0.05) is 52.8 Å². The first-order chi connectivity index (χ1) is 19.3. The maximum absolute atomic E-state index is 13.9. The average molecular weight is 613 g/mol. The zero-order chi connectivity index (χ0) is 29.5. The number of pyridine rings is 1. The van der Waals surface area contributed by atoms with Crippen LogP contribution in [0.15, 0.2) is 84.3 Å². The van der Waals surface area contributed by atoms with Gasteiger partial charge in [-0.05, 0) is 75.4 Å². The molecule has 0 fully saturated rings. The van der Waals surface area contributed by atoms with Crippen molar-refractivity contribution in [3.05, 3.63) is 89.4 Å². The van der Waals surface area contributed by atoms with E-state index in [1.807, 2.05) is 46.8 Å². The molecule has 0 atom stereocenters. The van der Waals surface area contributed by atoms with Gasteiger partial charge < -0.3 is 13.9 Å². The largest absolute Gasteiger partial charge is 0.459 e. The van der Waals surface area contributed by atoms with Crippen LogP contribution in [0.1, 0.15) is 20.8 Å². The minimum Gasteiger partial charge on any atom is -0.459 e. The standard InChI is InChI=1S/C29H27Cl2N5O4S/c1-29(2,3)40-27(37)18-36(41(38,39)24-16-21(30)15-22(31)17-24)23-5-6-25-19(13-23)8-11-35(25)26-14-20(7-9-32-26)28-33-10-12-34(28)4/h5-17H,18H2,1-4H3. The Morgan fingerprint density at radius 1 is 0.951 bits per heavy atom. The number of carbonyl (C=O) groups excluding carboxylic acids is 1. The molecule has 2 aromatic carbocycles. The van der Waals surface area contributed by atoms with Crippen molar-refractivity contribution < 1.29 is 17.9 Å². The van der Waals surface area contributed by atoms with Crippen molar-refractivity contribution in [2.45, 2.75) is 31.3 Å². The van der Waals surface area contributed by atoms with Gasteiger partial charge in [-0.1, -0.05) is 23.2 Å². The minimum atomic E-state index is -4.26. The van der Waals surface area contributed by atoms with Gasteiger partial charge in [0.05, 0.1) is 16.1 Å². The van der Waals surface area contributed by atoms with Crippen LogP contribution in [0.3, 0.4) is 0 Å². The molecule has 0 unspecified atom stereocenters. The summed E-state index contributed by atoms with van der Waals surface area (Å²) in [4.78, 5) is 21.7. The van der Waals surface area contributed by atoms with Crippen LogP contribution in [0, 0.1) is 0 Å². The van der Waals surface area contributed by atoms with Crippen molar-refractivity contribution >= 4 is 55.8 Å². The second kappa shape index (κ2) is 10.8. The van der Waals surface area contributed by atoms with Crippen LogP contribution in [0.4, 0.5) is 5.69 Å². The number of halogens is 2. The molecule has 0 saturated carbocycles. The molecule has 0 radical (unpaired) electrons. The molecule has 9 nitrogen and oxygen atoms in total. The summed E-state index contributed by atoms with van der Waals surface area (Å²) in [5, 5.41) is 1.04. The lowest BCUT2D eigenvalue weighted by Crippen LogP contribution is -2.39. The molecule has 3 heterocycles. The number of ether oxygens (including phenoxy) is 1. The number of hydrogen-bond acceptors (Lipinski definition) is 6. The highest BCUT2D eigenvalue weighted by Crippen LogP contribution is 2.32. The van der Waals surface area contributed by atoms with Crippen LogP contribution in [0.25, 0.3) is 28.1 Å². The van der Waals surface area contributed by atoms with Crippen LogP contribution in [0.5, 0.6) is 0 Å². The fourth-order valence-electron chi connectivity index (χ4n) is 4.43. The molecule has 0 aliphatic heterocycles. The highest BCUT2D eigenvalue weighted by atomic mass is 35.5. The number of aromatic nitrogens is 4. The molecule has 212 valence electrons. The third-order valence-electron chi connectivity index (χ3n) is 6.15. The van der Waals surface area contributed by atoms with Crippen LogP contribution in [0.2, 0.25) is 10.0 Å². The summed E-state index contributed by atoms with van der Waals surface area (Å²) in [5.41, 5.74) is 1.16. The van der Waals surface area contributed by atoms with Crippen LogP contribution in [-0.4, -0.2) is 45.6 Å². The number of nitrogens with zero attached hydrogens (tertiary/aromatic N) is 5. The predicted molar refractivity (Wildman–Crippen MR) is 160 cm³/mol. The molecule has 0 amide bonds. The summed E-state index contributed by atoms with van der Waals surface area (Å²) in [7, 11) is -2.34. The van der Waals surface area contributed by atoms with Gasteiger partial charge in [-0.25, -0.2) is 18.4 Å². The summed E-state index contributed by atoms with van der Waals surface area (Å²) in [6.45, 7) is 4.59. The van der Waals surface area contributed by atoms with Gasteiger partial charge in [0.25, 0.3) is 10.0 Å². The first-order valence-corrected chi connectivity index (χ1v) is 14.8. The first-order valence-electron chi connectivity index (χ1n) is 12.6. The van der Waals surface area contributed by atoms with E-state index in [-0.39, 0.29) is 20.6 Å². The zero-order valence-electron chi connectivity index (χ0n) is 22.7. The zero-order valence-corrected chi connectivity index (χ0v) is 25.1. The number of rotatable bonds is 7. The van der Waals surface area contributed by atoms with E-state index in [1.165, 1.54) is 18.2 Å². The van der Waals surface area contributed by atoms with Crippen molar-refractivity contribution in [1.29, 1.82) is 0 Å². The Kier molecular flexibility index (Phi) is 7.58. The summed E-state index contributed by atoms with van der Waals surface area (Å²) < 4.78 is 38.0. The Morgan fingerprint density at radius 2 is 1.68 bits per heavy atom. The van der Waals surface area contributed by atoms with Crippen molar-refractivity contribution in [3.8, 4) is 17.2 Å². The Morgan fingerprint density at radius 3 is 2.34 bits per heavy atom. The number of sulfonamides is 1. The van der Waals surface area contributed by atoms with Crippen molar-refractivity contribution in [1.82, 2.24) is 19.1 Å². The minimum absolute atomic E-state index is 0.147. The highest BCUT2D eigenvalue weighted by molar-refractivity contribution is 7.92. The van der Waals surface area contributed by atoms with Crippen LogP contribution < -0.4 is 4.31 Å². The number of imidazole rings is 1. The Bertz CT molecular complexity index is 1860. The van der Waals surface area contributed by atoms with Crippen LogP contribution >= 0.6 is 23.2 Å². The molecule has 41 heavy (non-hydrogen) atoms. The molecule has 5 aromatic rings. The van der Waals surface area contributed by atoms with Gasteiger partial charge in [0.2, 0.25) is 0 Å². The maximum Gasteiger partial charge on any atom is 0.327 e. The van der Waals surface area contributed by atoms with Gasteiger partial charge in [-0.3, -0.25) is 9.10 Å². The number of anilines is 1. The third-order valence-corrected chi connectivity index (χ3v) is 8.34. The van der Waals surface area contributed by atoms with E-state index < -0.39 is 28.1 Å². The average Bonchev–Trinajstić information content (AvgIpc) is 3.51. The molecule has 12 heteroatoms. The van der Waals surface area contributed by atoms with E-state index >= 15 is 0 Å². The molecular formula is C29H27Cl2N5O4S. The Labute approximate surface area is 248 Å². The molecule has 0 N–H and O–H groups in total. The monoisotopic (exact) mass is 611 g/mol. The molecule has 0 saturated heterocycles. The number of benzene rings is 2. The van der Waals surface area contributed by atoms with E-state index in [1.54, 1.807) is 51.4 Å². The summed E-state index contributed by atoms with van der Waals surface area (Å²) in [5.74, 6) is 0.763. The van der Waals surface area contributed by atoms with Gasteiger partial charge in [-0.15, -0.1) is 0 Å². The second-order valence-corrected chi connectivity index (χ2v) is 13.1. The van der Waals surface area contributed by atoms with Crippen molar-refractivity contribution in [2.75, 3.05) is 10.8 Å². The van der Waals surface area contributed by atoms with Gasteiger partial charge in [-0.2, -0.15) is 0 Å². The van der Waals surface area contributed by atoms with Crippen LogP contribution in [-0.2, 0) is 26.6 Å². The fourth-order valence-corrected chi connectivity index (χ4v) is 6.56. The summed E-state index contributed by atoms with van der Waals surface area (Å²) in [6, 6.07) is 14.8. The normalized spacial score (nSPS) is 12.0. The topological polar surface area (TPSA) is 99.3 Å². The van der Waals surface area contributed by atoms with Crippen molar-refractivity contribution in [2.24, 2.45) is 7.05 Å². The molecule has 5 rings (SSSR count). The molecule has 0 aliphatic rings. The SMILES string of the molecule is Cn1ccnc1-c1ccnc(-n2ccc3cc(N(CC(=O)OC(C)(C)C)S(=O)(=O)c4cc(Cl)cc(Cl)c4)ccc32)c1. The molecule has 0 aliphatic carbocycles. The Balaban J connectivity index is 1.57. The van der Waals surface area contributed by atoms with E-state index in [0.29, 0.717) is 5.82 Å². The fraction of sp³-hybridized carbons (Fsp3) is 0.207. The molecule has 3 aromatic heterocycles. The number of aryl methyl sites for hydroxylation is 1. The summed E-state index contributed by atoms with van der Waals surface area (Å²) in [6.07, 6.45) is 7.17. The Hall–Kier alpha value is -3.86. The van der Waals surface area contributed by atoms with Gasteiger partial charge >= 0.3 is 5.97 Å². The lowest BCUT2D eigenvalue weighted by Gasteiger charge is -2.26. The maximum atomic E-state index is 13.9. The quantitative estimate of drug-likeness (QED) is 0.201. The van der Waals surface area contributed by atoms with Gasteiger partial charge in [0.1, 0.15) is 23.8 Å². The number of fused-ring (bicyclic) bond motifs is 1.